The van der Waals surface area contributed by atoms with Gasteiger partial charge in [-0.15, -0.1) is 0 Å². The van der Waals surface area contributed by atoms with E-state index in [1.807, 2.05) is 0 Å². The fraction of sp³-hybridized carbons (Fsp3) is 0.318. The van der Waals surface area contributed by atoms with E-state index >= 15 is 0 Å². The molecule has 0 saturated heterocycles. The molecule has 0 aliphatic carbocycles. The molecule has 0 aliphatic heterocycles. The number of hydrogen-bond acceptors (Lipinski definition) is 6. The summed E-state index contributed by atoms with van der Waals surface area (Å²) in [7, 11) is 4.66. The third kappa shape index (κ3) is 5.97. The van der Waals surface area contributed by atoms with Crippen LogP contribution < -0.4 is 25.0 Å². The topological polar surface area (TPSA) is 98.2 Å². The molecule has 0 aliphatic rings. The summed E-state index contributed by atoms with van der Waals surface area (Å²) >= 11 is 0. The highest BCUT2D eigenvalue weighted by Crippen LogP contribution is 2.22. The average Bonchev–Trinajstić information content (AvgIpc) is 2.74. The Bertz CT molecular complexity index is 894. The number of carbonyl (C=O) groups is 2. The van der Waals surface area contributed by atoms with Crippen LogP contribution in [0.4, 0.5) is 5.69 Å². The molecule has 2 rings (SSSR count). The van der Waals surface area contributed by atoms with Gasteiger partial charge in [-0.3, -0.25) is 9.59 Å². The van der Waals surface area contributed by atoms with Gasteiger partial charge in [-0.2, -0.15) is 5.10 Å². The zero-order valence-electron chi connectivity index (χ0n) is 17.8. The number of benzene rings is 2. The molecule has 0 bridgehead atoms. The summed E-state index contributed by atoms with van der Waals surface area (Å²) in [6.45, 7) is 3.60. The fourth-order valence-corrected chi connectivity index (χ4v) is 2.79. The Balaban J connectivity index is 2.08. The molecule has 2 N–H and O–H groups in total. The monoisotopic (exact) mass is 413 g/mol. The number of hydrogen-bond donors (Lipinski definition) is 2. The first-order valence-corrected chi connectivity index (χ1v) is 9.39. The van der Waals surface area contributed by atoms with Crippen molar-refractivity contribution in [2.75, 3.05) is 26.6 Å². The molecule has 2 amide bonds. The van der Waals surface area contributed by atoms with Crippen LogP contribution in [0.3, 0.4) is 0 Å². The van der Waals surface area contributed by atoms with Crippen molar-refractivity contribution < 1.29 is 23.8 Å². The quantitative estimate of drug-likeness (QED) is 0.374. The van der Waals surface area contributed by atoms with Gasteiger partial charge in [0.25, 0.3) is 5.91 Å². The molecule has 1 unspecified atom stereocenters. The lowest BCUT2D eigenvalue weighted by Crippen LogP contribution is -2.39. The largest absolute Gasteiger partial charge is 0.497 e. The van der Waals surface area contributed by atoms with Crippen molar-refractivity contribution in [3.05, 3.63) is 48.0 Å². The number of methoxy groups -OCH3 is 3. The van der Waals surface area contributed by atoms with Gasteiger partial charge in [-0.1, -0.05) is 13.8 Å². The number of nitrogens with one attached hydrogen (secondary N) is 2. The van der Waals surface area contributed by atoms with Gasteiger partial charge < -0.3 is 19.5 Å². The number of nitrogens with zero attached hydrogens (tertiary/aromatic N) is 1. The van der Waals surface area contributed by atoms with Crippen LogP contribution >= 0.6 is 0 Å². The minimum Gasteiger partial charge on any atom is -0.497 e. The van der Waals surface area contributed by atoms with Crippen molar-refractivity contribution in [3.8, 4) is 17.2 Å². The Labute approximate surface area is 176 Å². The second kappa shape index (κ2) is 10.8. The number of amides is 2. The van der Waals surface area contributed by atoms with Crippen molar-refractivity contribution in [1.29, 1.82) is 0 Å². The molecular formula is C22H27N3O5. The number of anilines is 1. The van der Waals surface area contributed by atoms with Gasteiger partial charge in [0.05, 0.1) is 27.5 Å². The summed E-state index contributed by atoms with van der Waals surface area (Å²) in [6, 6.07) is 12.1. The van der Waals surface area contributed by atoms with Crippen molar-refractivity contribution in [2.24, 2.45) is 16.9 Å². The third-order valence-corrected chi connectivity index (χ3v) is 4.40. The van der Waals surface area contributed by atoms with Crippen molar-refractivity contribution in [3.63, 3.8) is 0 Å². The second-order valence-corrected chi connectivity index (χ2v) is 6.78. The second-order valence-electron chi connectivity index (χ2n) is 6.78. The van der Waals surface area contributed by atoms with Gasteiger partial charge in [0, 0.05) is 11.3 Å². The molecule has 0 saturated carbocycles. The van der Waals surface area contributed by atoms with Gasteiger partial charge in [-0.25, -0.2) is 5.43 Å². The van der Waals surface area contributed by atoms with Gasteiger partial charge in [0.15, 0.2) is 0 Å². The molecule has 2 aromatic carbocycles. The van der Waals surface area contributed by atoms with E-state index in [1.54, 1.807) is 70.5 Å². The zero-order chi connectivity index (χ0) is 22.1. The van der Waals surface area contributed by atoms with Crippen molar-refractivity contribution in [2.45, 2.75) is 13.8 Å². The van der Waals surface area contributed by atoms with Crippen LogP contribution in [0.2, 0.25) is 0 Å². The van der Waals surface area contributed by atoms with Crippen LogP contribution in [0, 0.1) is 11.8 Å². The van der Waals surface area contributed by atoms with E-state index in [4.69, 9.17) is 14.2 Å². The molecular weight excluding hydrogens is 386 g/mol. The van der Waals surface area contributed by atoms with Crippen LogP contribution in [0.15, 0.2) is 47.6 Å². The maximum absolute atomic E-state index is 12.7. The molecule has 0 heterocycles. The molecule has 30 heavy (non-hydrogen) atoms. The third-order valence-electron chi connectivity index (χ3n) is 4.40. The first-order chi connectivity index (χ1) is 14.4. The summed E-state index contributed by atoms with van der Waals surface area (Å²) < 4.78 is 15.6. The van der Waals surface area contributed by atoms with Crippen LogP contribution in [0.25, 0.3) is 0 Å². The molecule has 0 aromatic heterocycles. The van der Waals surface area contributed by atoms with Crippen LogP contribution in [-0.2, 0) is 9.59 Å². The number of rotatable bonds is 9. The first-order valence-electron chi connectivity index (χ1n) is 9.39. The van der Waals surface area contributed by atoms with Crippen molar-refractivity contribution >= 4 is 23.7 Å². The summed E-state index contributed by atoms with van der Waals surface area (Å²) in [5.41, 5.74) is 3.64. The minimum absolute atomic E-state index is 0.232. The first kappa shape index (κ1) is 22.7. The van der Waals surface area contributed by atoms with E-state index in [9.17, 15) is 9.59 Å². The Kier molecular flexibility index (Phi) is 8.22. The summed E-state index contributed by atoms with van der Waals surface area (Å²) in [5, 5.41) is 6.74. The van der Waals surface area contributed by atoms with E-state index in [0.29, 0.717) is 28.5 Å². The SMILES string of the molecule is COc1ccc(NC(=O)C(C(=O)NN=Cc2cc(OC)ccc2OC)C(C)C)cc1. The smallest absolute Gasteiger partial charge is 0.252 e. The zero-order valence-corrected chi connectivity index (χ0v) is 17.8. The minimum atomic E-state index is -0.920. The average molecular weight is 413 g/mol. The van der Waals surface area contributed by atoms with Gasteiger partial charge in [0.1, 0.15) is 23.2 Å². The number of ether oxygens (including phenoxy) is 3. The molecule has 8 heteroatoms. The Morgan fingerprint density at radius 1 is 0.900 bits per heavy atom. The lowest BCUT2D eigenvalue weighted by atomic mass is 9.94. The summed E-state index contributed by atoms with van der Waals surface area (Å²) in [4.78, 5) is 25.3. The standard InChI is InChI=1S/C22H27N3O5/c1-14(2)20(21(26)24-16-6-8-17(28-3)9-7-16)22(27)25-23-13-15-12-18(29-4)10-11-19(15)30-5/h6-14,20H,1-5H3,(H,24,26)(H,25,27). The maximum atomic E-state index is 12.7. The normalized spacial score (nSPS) is 11.8. The predicted octanol–water partition coefficient (Wildman–Crippen LogP) is 3.07. The predicted molar refractivity (Wildman–Crippen MR) is 115 cm³/mol. The summed E-state index contributed by atoms with van der Waals surface area (Å²) in [6.07, 6.45) is 1.44. The fourth-order valence-electron chi connectivity index (χ4n) is 2.79. The van der Waals surface area contributed by atoms with Gasteiger partial charge >= 0.3 is 0 Å². The molecule has 0 radical (unpaired) electrons. The lowest BCUT2D eigenvalue weighted by molar-refractivity contribution is -0.134. The number of carbonyl (C=O) groups excluding carboxylic acids is 2. The van der Waals surface area contributed by atoms with Gasteiger partial charge in [-0.05, 0) is 48.4 Å². The molecule has 0 spiro atoms. The van der Waals surface area contributed by atoms with Crippen molar-refractivity contribution in [1.82, 2.24) is 5.43 Å². The highest BCUT2D eigenvalue weighted by Gasteiger charge is 2.30. The molecule has 8 nitrogen and oxygen atoms in total. The van der Waals surface area contributed by atoms with E-state index in [2.05, 4.69) is 15.8 Å². The highest BCUT2D eigenvalue weighted by atomic mass is 16.5. The number of hydrazone groups is 1. The Morgan fingerprint density at radius 2 is 1.53 bits per heavy atom. The molecule has 0 fully saturated rings. The van der Waals surface area contributed by atoms with Crippen LogP contribution in [-0.4, -0.2) is 39.4 Å². The van der Waals surface area contributed by atoms with E-state index in [-0.39, 0.29) is 5.92 Å². The van der Waals surface area contributed by atoms with Crippen LogP contribution in [0.1, 0.15) is 19.4 Å². The Hall–Kier alpha value is -3.55. The maximum Gasteiger partial charge on any atom is 0.252 e. The van der Waals surface area contributed by atoms with Gasteiger partial charge in [0.2, 0.25) is 5.91 Å². The Morgan fingerprint density at radius 3 is 2.10 bits per heavy atom. The van der Waals surface area contributed by atoms with Crippen LogP contribution in [0.5, 0.6) is 17.2 Å². The summed E-state index contributed by atoms with van der Waals surface area (Å²) in [5.74, 6) is -0.195. The lowest BCUT2D eigenvalue weighted by Gasteiger charge is -2.18. The van der Waals surface area contributed by atoms with E-state index in [1.165, 1.54) is 13.3 Å². The molecule has 160 valence electrons. The highest BCUT2D eigenvalue weighted by molar-refractivity contribution is 6.06. The van der Waals surface area contributed by atoms with E-state index in [0.717, 1.165) is 0 Å². The molecule has 2 aromatic rings. The molecule has 1 atom stereocenters. The van der Waals surface area contributed by atoms with E-state index < -0.39 is 17.7 Å².